The van der Waals surface area contributed by atoms with Crippen molar-refractivity contribution in [1.82, 2.24) is 10.2 Å². The Labute approximate surface area is 118 Å². The molecule has 5 heteroatoms. The Morgan fingerprint density at radius 3 is 2.55 bits per heavy atom. The lowest BCUT2D eigenvalue weighted by Crippen LogP contribution is -2.45. The minimum atomic E-state index is -2.30. The number of nitrogens with one attached hydrogen (secondary N) is 1. The van der Waals surface area contributed by atoms with Crippen molar-refractivity contribution < 1.29 is 13.5 Å². The van der Waals surface area contributed by atoms with Crippen LogP contribution in [0.15, 0.2) is 18.2 Å². The van der Waals surface area contributed by atoms with E-state index in [0.717, 1.165) is 43.1 Å². The fourth-order valence-electron chi connectivity index (χ4n) is 2.78. The maximum absolute atomic E-state index is 12.9. The predicted molar refractivity (Wildman–Crippen MR) is 75.5 cm³/mol. The maximum atomic E-state index is 12.9. The number of hydrogen-bond donors (Lipinski definition) is 1. The number of aryl methyl sites for hydroxylation is 1. The molecular formula is C15H22F2N2O. The number of hydrogen-bond acceptors (Lipinski definition) is 3. The number of benzene rings is 1. The number of halogens is 2. The van der Waals surface area contributed by atoms with Crippen molar-refractivity contribution in [2.24, 2.45) is 0 Å². The van der Waals surface area contributed by atoms with Gasteiger partial charge in [0.25, 0.3) is 0 Å². The summed E-state index contributed by atoms with van der Waals surface area (Å²) >= 11 is 0. The van der Waals surface area contributed by atoms with Gasteiger partial charge in [-0.15, -0.1) is 0 Å². The zero-order valence-electron chi connectivity index (χ0n) is 12.0. The van der Waals surface area contributed by atoms with Gasteiger partial charge in [-0.05, 0) is 30.2 Å². The average molecular weight is 284 g/mol. The van der Waals surface area contributed by atoms with Gasteiger partial charge in [0.1, 0.15) is 5.75 Å². The molecule has 0 unspecified atom stereocenters. The van der Waals surface area contributed by atoms with Crippen LogP contribution in [-0.2, 0) is 0 Å². The van der Waals surface area contributed by atoms with E-state index in [9.17, 15) is 8.78 Å². The summed E-state index contributed by atoms with van der Waals surface area (Å²) in [4.78, 5) is 2.15. The molecule has 2 rings (SSSR count). The van der Waals surface area contributed by atoms with E-state index < -0.39 is 6.43 Å². The Bertz CT molecular complexity index is 434. The van der Waals surface area contributed by atoms with Crippen LogP contribution in [-0.4, -0.2) is 44.6 Å². The maximum Gasteiger partial charge on any atom is 0.240 e. The van der Waals surface area contributed by atoms with Crippen LogP contribution < -0.4 is 10.1 Å². The van der Waals surface area contributed by atoms with Crippen LogP contribution in [0.5, 0.6) is 5.75 Å². The van der Waals surface area contributed by atoms with Gasteiger partial charge in [0.05, 0.1) is 7.11 Å². The van der Waals surface area contributed by atoms with E-state index in [0.29, 0.717) is 0 Å². The lowest BCUT2D eigenvalue weighted by molar-refractivity contribution is 0.0737. The number of alkyl halides is 2. The molecular weight excluding hydrogens is 262 g/mol. The van der Waals surface area contributed by atoms with Crippen molar-refractivity contribution >= 4 is 0 Å². The number of ether oxygens (including phenoxy) is 1. The molecule has 0 amide bonds. The van der Waals surface area contributed by atoms with Crippen LogP contribution in [0.25, 0.3) is 0 Å². The Morgan fingerprint density at radius 2 is 2.00 bits per heavy atom. The van der Waals surface area contributed by atoms with Crippen LogP contribution in [0.4, 0.5) is 8.78 Å². The van der Waals surface area contributed by atoms with Gasteiger partial charge in [-0.2, -0.15) is 0 Å². The highest BCUT2D eigenvalue weighted by Gasteiger charge is 2.26. The number of piperazine rings is 1. The Kier molecular flexibility index (Phi) is 5.31. The fourth-order valence-corrected chi connectivity index (χ4v) is 2.78. The molecule has 0 spiro atoms. The quantitative estimate of drug-likeness (QED) is 0.899. The minimum Gasteiger partial charge on any atom is -0.497 e. The van der Waals surface area contributed by atoms with Gasteiger partial charge < -0.3 is 10.1 Å². The molecule has 1 aliphatic heterocycles. The summed E-state index contributed by atoms with van der Waals surface area (Å²) in [5, 5.41) is 3.26. The van der Waals surface area contributed by atoms with Crippen molar-refractivity contribution in [3.63, 3.8) is 0 Å². The first-order chi connectivity index (χ1) is 9.61. The first-order valence-corrected chi connectivity index (χ1v) is 6.99. The van der Waals surface area contributed by atoms with Crippen LogP contribution in [0, 0.1) is 6.92 Å². The van der Waals surface area contributed by atoms with E-state index in [2.05, 4.69) is 10.2 Å². The second-order valence-corrected chi connectivity index (χ2v) is 5.15. The molecule has 0 radical (unpaired) electrons. The van der Waals surface area contributed by atoms with Crippen LogP contribution in [0.1, 0.15) is 23.6 Å². The van der Waals surface area contributed by atoms with Gasteiger partial charge in [-0.25, -0.2) is 8.78 Å². The SMILES string of the molecule is COc1ccc([C@H](CC(F)F)N2CCNCC2)c(C)c1. The van der Waals surface area contributed by atoms with E-state index >= 15 is 0 Å². The van der Waals surface area contributed by atoms with Crippen molar-refractivity contribution in [2.45, 2.75) is 25.8 Å². The van der Waals surface area contributed by atoms with Gasteiger partial charge in [-0.1, -0.05) is 6.07 Å². The molecule has 1 heterocycles. The lowest BCUT2D eigenvalue weighted by Gasteiger charge is -2.36. The lowest BCUT2D eigenvalue weighted by atomic mass is 9.96. The Balaban J connectivity index is 2.25. The Morgan fingerprint density at radius 1 is 1.30 bits per heavy atom. The van der Waals surface area contributed by atoms with E-state index in [4.69, 9.17) is 4.74 Å². The van der Waals surface area contributed by atoms with E-state index in [1.807, 2.05) is 25.1 Å². The molecule has 1 saturated heterocycles. The van der Waals surface area contributed by atoms with Crippen molar-refractivity contribution in [1.29, 1.82) is 0 Å². The van der Waals surface area contributed by atoms with Gasteiger partial charge in [0.2, 0.25) is 6.43 Å². The predicted octanol–water partition coefficient (Wildman–Crippen LogP) is 2.61. The molecule has 1 aromatic rings. The topological polar surface area (TPSA) is 24.5 Å². The molecule has 20 heavy (non-hydrogen) atoms. The van der Waals surface area contributed by atoms with Gasteiger partial charge >= 0.3 is 0 Å². The average Bonchev–Trinajstić information content (AvgIpc) is 2.45. The van der Waals surface area contributed by atoms with Crippen LogP contribution >= 0.6 is 0 Å². The third-order valence-corrected chi connectivity index (χ3v) is 3.83. The molecule has 0 aliphatic carbocycles. The zero-order valence-corrected chi connectivity index (χ0v) is 12.0. The first-order valence-electron chi connectivity index (χ1n) is 6.99. The van der Waals surface area contributed by atoms with Gasteiger partial charge in [0, 0.05) is 38.6 Å². The fraction of sp³-hybridized carbons (Fsp3) is 0.600. The molecule has 1 fully saturated rings. The summed E-state index contributed by atoms with van der Waals surface area (Å²) in [6.45, 7) is 5.29. The molecule has 3 nitrogen and oxygen atoms in total. The zero-order chi connectivity index (χ0) is 14.5. The normalized spacial score (nSPS) is 18.2. The number of rotatable bonds is 5. The van der Waals surface area contributed by atoms with Crippen molar-refractivity contribution in [3.05, 3.63) is 29.3 Å². The summed E-state index contributed by atoms with van der Waals surface area (Å²) in [6.07, 6.45) is -2.41. The third-order valence-electron chi connectivity index (χ3n) is 3.83. The molecule has 0 bridgehead atoms. The van der Waals surface area contributed by atoms with Gasteiger partial charge in [-0.3, -0.25) is 4.90 Å². The van der Waals surface area contributed by atoms with Gasteiger partial charge in [0.15, 0.2) is 0 Å². The smallest absolute Gasteiger partial charge is 0.240 e. The van der Waals surface area contributed by atoms with Crippen molar-refractivity contribution in [3.8, 4) is 5.75 Å². The summed E-state index contributed by atoms with van der Waals surface area (Å²) in [5.41, 5.74) is 1.99. The standard InChI is InChI=1S/C15H22F2N2O/c1-11-9-12(20-2)3-4-13(11)14(10-15(16)17)19-7-5-18-6-8-19/h3-4,9,14-15,18H,5-8,10H2,1-2H3/t14-/m0/s1. The van der Waals surface area contributed by atoms with E-state index in [-0.39, 0.29) is 12.5 Å². The second-order valence-electron chi connectivity index (χ2n) is 5.15. The summed E-state index contributed by atoms with van der Waals surface area (Å²) < 4.78 is 31.1. The minimum absolute atomic E-state index is 0.118. The van der Waals surface area contributed by atoms with Crippen molar-refractivity contribution in [2.75, 3.05) is 33.3 Å². The highest BCUT2D eigenvalue weighted by molar-refractivity contribution is 5.36. The molecule has 1 atom stereocenters. The number of methoxy groups -OCH3 is 1. The largest absolute Gasteiger partial charge is 0.497 e. The molecule has 0 aromatic heterocycles. The monoisotopic (exact) mass is 284 g/mol. The molecule has 1 N–H and O–H groups in total. The molecule has 1 aliphatic rings. The molecule has 0 saturated carbocycles. The highest BCUT2D eigenvalue weighted by Crippen LogP contribution is 2.31. The van der Waals surface area contributed by atoms with E-state index in [1.54, 1.807) is 7.11 Å². The Hall–Kier alpha value is -1.20. The first kappa shape index (κ1) is 15.2. The molecule has 112 valence electrons. The van der Waals surface area contributed by atoms with Crippen LogP contribution in [0.3, 0.4) is 0 Å². The summed E-state index contributed by atoms with van der Waals surface area (Å²) in [6, 6.07) is 5.46. The summed E-state index contributed by atoms with van der Waals surface area (Å²) in [5.74, 6) is 0.766. The summed E-state index contributed by atoms with van der Waals surface area (Å²) in [7, 11) is 1.61. The molecule has 1 aromatic carbocycles. The highest BCUT2D eigenvalue weighted by atomic mass is 19.3. The van der Waals surface area contributed by atoms with E-state index in [1.165, 1.54) is 0 Å². The van der Waals surface area contributed by atoms with Crippen LogP contribution in [0.2, 0.25) is 0 Å². The second kappa shape index (κ2) is 6.99. The number of nitrogens with zero attached hydrogens (tertiary/aromatic N) is 1. The third kappa shape index (κ3) is 3.67.